The van der Waals surface area contributed by atoms with Crippen molar-refractivity contribution in [3.63, 3.8) is 0 Å². The predicted octanol–water partition coefficient (Wildman–Crippen LogP) is -6.29. The summed E-state index contributed by atoms with van der Waals surface area (Å²) < 4.78 is 25.9. The lowest BCUT2D eigenvalue weighted by atomic mass is 9.99. The first-order valence-electron chi connectivity index (χ1n) is 9.40. The van der Waals surface area contributed by atoms with Crippen molar-refractivity contribution in [2.45, 2.75) is 79.9 Å². The van der Waals surface area contributed by atoms with Crippen LogP contribution in [0.15, 0.2) is 0 Å². The lowest BCUT2D eigenvalue weighted by Crippen LogP contribution is -2.61. The molecule has 9 N–H and O–H groups in total. The summed E-state index contributed by atoms with van der Waals surface area (Å²) >= 11 is 0. The zero-order valence-corrected chi connectivity index (χ0v) is 15.7. The monoisotopic (exact) mass is 444 g/mol. The van der Waals surface area contributed by atoms with E-state index in [1.165, 1.54) is 0 Å². The molecule has 3 rings (SSSR count). The van der Waals surface area contributed by atoms with Gasteiger partial charge in [0.25, 0.3) is 0 Å². The zero-order valence-electron chi connectivity index (χ0n) is 15.7. The molecule has 0 aromatic rings. The minimum atomic E-state index is -1.76. The van der Waals surface area contributed by atoms with Crippen LogP contribution >= 0.6 is 0 Å². The Morgan fingerprint density at radius 3 is 1.97 bits per heavy atom. The summed E-state index contributed by atoms with van der Waals surface area (Å²) in [4.78, 5) is 0. The van der Waals surface area contributed by atoms with E-state index >= 15 is 0 Å². The van der Waals surface area contributed by atoms with E-state index in [1.807, 2.05) is 0 Å². The minimum absolute atomic E-state index is 0.309. The molecule has 30 heavy (non-hydrogen) atoms. The highest BCUT2D eigenvalue weighted by atomic mass is 16.7. The predicted molar refractivity (Wildman–Crippen MR) is 89.2 cm³/mol. The summed E-state index contributed by atoms with van der Waals surface area (Å²) in [7, 11) is 0. The first-order chi connectivity index (χ1) is 14.1. The number of aliphatic hydroxyl groups excluding tert-OH is 9. The molecule has 0 unspecified atom stereocenters. The van der Waals surface area contributed by atoms with Gasteiger partial charge in [0.1, 0.15) is 61.0 Å². The van der Waals surface area contributed by atoms with Crippen LogP contribution in [0.2, 0.25) is 0 Å². The van der Waals surface area contributed by atoms with E-state index in [2.05, 4.69) is 0 Å². The van der Waals surface area contributed by atoms with Crippen molar-refractivity contribution < 1.29 is 69.6 Å². The summed E-state index contributed by atoms with van der Waals surface area (Å²) in [5, 5.41) is 88.0. The number of aliphatic hydroxyl groups is 9. The number of rotatable bonds is 5. The van der Waals surface area contributed by atoms with Gasteiger partial charge in [0.05, 0.1) is 19.8 Å². The van der Waals surface area contributed by atoms with Crippen LogP contribution in [0.5, 0.6) is 0 Å². The molecule has 0 aliphatic carbocycles. The third-order valence-corrected chi connectivity index (χ3v) is 5.31. The Morgan fingerprint density at radius 1 is 0.633 bits per heavy atom. The third-order valence-electron chi connectivity index (χ3n) is 5.31. The Kier molecular flexibility index (Phi) is 7.97. The molecule has 14 heteroatoms. The fourth-order valence-corrected chi connectivity index (χ4v) is 3.36. The average Bonchev–Trinajstić information content (AvgIpc) is 2.72. The molecule has 0 saturated carbocycles. The summed E-state index contributed by atoms with van der Waals surface area (Å²) in [6.07, 6.45) is -19.5. The first-order valence-corrected chi connectivity index (χ1v) is 9.40. The van der Waals surface area contributed by atoms with E-state index in [-0.39, 0.29) is 13.2 Å². The van der Waals surface area contributed by atoms with Crippen molar-refractivity contribution in [3.8, 4) is 0 Å². The molecule has 13 atom stereocenters. The maximum absolute atomic E-state index is 10.3. The van der Waals surface area contributed by atoms with Crippen molar-refractivity contribution >= 4 is 0 Å². The van der Waals surface area contributed by atoms with Gasteiger partial charge < -0.3 is 69.6 Å². The number of hydrogen-bond acceptors (Lipinski definition) is 14. The summed E-state index contributed by atoms with van der Waals surface area (Å²) in [5.74, 6) is 0. The van der Waals surface area contributed by atoms with Gasteiger partial charge in [-0.1, -0.05) is 0 Å². The molecule has 0 aromatic heterocycles. The molecule has 3 fully saturated rings. The fourth-order valence-electron chi connectivity index (χ4n) is 3.36. The van der Waals surface area contributed by atoms with Crippen LogP contribution in [0.1, 0.15) is 0 Å². The summed E-state index contributed by atoms with van der Waals surface area (Å²) in [6.45, 7) is -1.08. The largest absolute Gasteiger partial charge is 0.388 e. The number of ether oxygens (including phenoxy) is 5. The topological polar surface area (TPSA) is 228 Å². The fraction of sp³-hybridized carbons (Fsp3) is 1.00. The summed E-state index contributed by atoms with van der Waals surface area (Å²) in [6, 6.07) is 0. The molecule has 0 radical (unpaired) electrons. The molecular formula is C16H28O14. The minimum Gasteiger partial charge on any atom is -0.388 e. The van der Waals surface area contributed by atoms with Gasteiger partial charge in [0.2, 0.25) is 0 Å². The maximum Gasteiger partial charge on any atom is 0.186 e. The van der Waals surface area contributed by atoms with Gasteiger partial charge in [-0.25, -0.2) is 0 Å². The molecule has 0 amide bonds. The lowest BCUT2D eigenvalue weighted by Gasteiger charge is -2.42. The van der Waals surface area contributed by atoms with Gasteiger partial charge in [0.15, 0.2) is 18.9 Å². The molecule has 0 spiro atoms. The second-order valence-electron chi connectivity index (χ2n) is 7.48. The molecule has 14 nitrogen and oxygen atoms in total. The van der Waals surface area contributed by atoms with Crippen LogP contribution in [0.25, 0.3) is 0 Å². The van der Waals surface area contributed by atoms with Crippen LogP contribution in [0.3, 0.4) is 0 Å². The van der Waals surface area contributed by atoms with Crippen molar-refractivity contribution in [1.29, 1.82) is 0 Å². The molecule has 0 bridgehead atoms. The van der Waals surface area contributed by atoms with Crippen LogP contribution in [-0.4, -0.2) is 146 Å². The van der Waals surface area contributed by atoms with E-state index in [0.717, 1.165) is 0 Å². The van der Waals surface area contributed by atoms with Crippen molar-refractivity contribution in [3.05, 3.63) is 0 Å². The lowest BCUT2D eigenvalue weighted by molar-refractivity contribution is -0.337. The van der Waals surface area contributed by atoms with Gasteiger partial charge in [-0.2, -0.15) is 0 Å². The van der Waals surface area contributed by atoms with Gasteiger partial charge in [0, 0.05) is 0 Å². The van der Waals surface area contributed by atoms with Gasteiger partial charge >= 0.3 is 0 Å². The van der Waals surface area contributed by atoms with Crippen molar-refractivity contribution in [2.75, 3.05) is 19.8 Å². The van der Waals surface area contributed by atoms with E-state index in [9.17, 15) is 46.0 Å². The highest BCUT2D eigenvalue weighted by Crippen LogP contribution is 2.25. The third kappa shape index (κ3) is 4.92. The Hall–Kier alpha value is -0.560. The Balaban J connectivity index is 1.50. The molecule has 3 aliphatic rings. The summed E-state index contributed by atoms with van der Waals surface area (Å²) in [5.41, 5.74) is 0. The van der Waals surface area contributed by atoms with E-state index in [4.69, 9.17) is 23.7 Å². The molecular weight excluding hydrogens is 416 g/mol. The SMILES string of the molecule is O[C@@H]1[C@@H](O)[C@H](O)O[C@H](CO[C@@H]2OC[C@@H](O[C@@H]3OC[C@@H](O)[C@H](O)[C@H]3O)[C@H](O)[C@H]2O)[C@H]1O. The highest BCUT2D eigenvalue weighted by Gasteiger charge is 2.47. The number of hydrogen-bond donors (Lipinski definition) is 9. The molecule has 0 aromatic carbocycles. The van der Waals surface area contributed by atoms with Crippen LogP contribution in [-0.2, 0) is 23.7 Å². The van der Waals surface area contributed by atoms with Gasteiger partial charge in [-0.05, 0) is 0 Å². The molecule has 3 heterocycles. The smallest absolute Gasteiger partial charge is 0.186 e. The van der Waals surface area contributed by atoms with Crippen molar-refractivity contribution in [2.24, 2.45) is 0 Å². The Morgan fingerprint density at radius 2 is 1.27 bits per heavy atom. The van der Waals surface area contributed by atoms with Crippen LogP contribution < -0.4 is 0 Å². The van der Waals surface area contributed by atoms with E-state index < -0.39 is 86.5 Å². The molecule has 3 aliphatic heterocycles. The zero-order chi connectivity index (χ0) is 22.2. The van der Waals surface area contributed by atoms with E-state index in [0.29, 0.717) is 0 Å². The van der Waals surface area contributed by atoms with Gasteiger partial charge in [-0.15, -0.1) is 0 Å². The maximum atomic E-state index is 10.3. The van der Waals surface area contributed by atoms with Crippen LogP contribution in [0, 0.1) is 0 Å². The first kappa shape index (κ1) is 24.1. The highest BCUT2D eigenvalue weighted by molar-refractivity contribution is 4.90. The molecule has 3 saturated heterocycles. The van der Waals surface area contributed by atoms with E-state index in [1.54, 1.807) is 0 Å². The standard InChI is InChI=1S/C16H28O14/c17-4-1-26-16(12(23)7(4)18)30-6-3-28-15(13(24)9(6)20)27-2-5-8(19)10(21)11(22)14(25)29-5/h4-25H,1-3H2/t4-,5-,6-,7+,8-,9+,10+,11-,12-,13-,14-,15-,16+/m1/s1. The Bertz CT molecular complexity index is 552. The Labute approximate surface area is 170 Å². The molecule has 176 valence electrons. The quantitative estimate of drug-likeness (QED) is 0.192. The second kappa shape index (κ2) is 9.93. The average molecular weight is 444 g/mol. The van der Waals surface area contributed by atoms with Crippen LogP contribution in [0.4, 0.5) is 0 Å². The normalized spacial score (nSPS) is 52.9. The van der Waals surface area contributed by atoms with Gasteiger partial charge in [-0.3, -0.25) is 0 Å². The van der Waals surface area contributed by atoms with Crippen molar-refractivity contribution in [1.82, 2.24) is 0 Å². The second-order valence-corrected chi connectivity index (χ2v) is 7.48.